The van der Waals surface area contributed by atoms with Crippen molar-refractivity contribution in [1.29, 1.82) is 0 Å². The van der Waals surface area contributed by atoms with Gasteiger partial charge in [0, 0.05) is 5.92 Å². The summed E-state index contributed by atoms with van der Waals surface area (Å²) in [5, 5.41) is 18.5. The van der Waals surface area contributed by atoms with Crippen LogP contribution in [0.5, 0.6) is 0 Å². The van der Waals surface area contributed by atoms with Gasteiger partial charge in [-0.2, -0.15) is 0 Å². The van der Waals surface area contributed by atoms with Crippen LogP contribution in [0.4, 0.5) is 0 Å². The summed E-state index contributed by atoms with van der Waals surface area (Å²) >= 11 is 0. The Morgan fingerprint density at radius 3 is 2.55 bits per heavy atom. The quantitative estimate of drug-likeness (QED) is 0.772. The van der Waals surface area contributed by atoms with E-state index in [0.29, 0.717) is 37.6 Å². The number of carbonyl (C=O) groups excluding carboxylic acids is 1. The molecule has 112 valence electrons. The highest BCUT2D eigenvalue weighted by Crippen LogP contribution is 2.41. The van der Waals surface area contributed by atoms with E-state index in [0.717, 1.165) is 18.5 Å². The van der Waals surface area contributed by atoms with Gasteiger partial charge in [-0.1, -0.05) is 19.1 Å². The summed E-state index contributed by atoms with van der Waals surface area (Å²) in [6, 6.07) is 0. The lowest BCUT2D eigenvalue weighted by Gasteiger charge is -2.25. The van der Waals surface area contributed by atoms with Crippen molar-refractivity contribution < 1.29 is 14.6 Å². The Kier molecular flexibility index (Phi) is 4.42. The van der Waals surface area contributed by atoms with E-state index in [1.165, 1.54) is 0 Å². The fourth-order valence-corrected chi connectivity index (χ4v) is 2.30. The summed E-state index contributed by atoms with van der Waals surface area (Å²) in [7, 11) is 0. The molecule has 1 heterocycles. The van der Waals surface area contributed by atoms with Crippen molar-refractivity contribution in [2.24, 2.45) is 0 Å². The Balaban J connectivity index is 2.28. The van der Waals surface area contributed by atoms with Crippen molar-refractivity contribution in [2.45, 2.75) is 64.5 Å². The standard InChI is InChI=1S/C14H23N3O3/c1-4-14(19,5-2)9-17-12(10-7-8-10)11(15-16-17)13(18)20-6-3/h10,19H,4-9H2,1-3H3. The molecule has 0 bridgehead atoms. The number of esters is 1. The van der Waals surface area contributed by atoms with Gasteiger partial charge in [0.05, 0.1) is 24.4 Å². The van der Waals surface area contributed by atoms with Crippen LogP contribution < -0.4 is 0 Å². The minimum absolute atomic E-state index is 0.309. The molecule has 1 aromatic heterocycles. The molecule has 0 radical (unpaired) electrons. The third-order valence-corrected chi connectivity index (χ3v) is 3.97. The number of hydrogen-bond donors (Lipinski definition) is 1. The number of rotatable bonds is 7. The first kappa shape index (κ1) is 15.0. The maximum Gasteiger partial charge on any atom is 0.360 e. The van der Waals surface area contributed by atoms with E-state index in [1.807, 2.05) is 13.8 Å². The number of ether oxygens (including phenoxy) is 1. The van der Waals surface area contributed by atoms with E-state index in [-0.39, 0.29) is 0 Å². The maximum atomic E-state index is 11.9. The minimum atomic E-state index is -0.802. The van der Waals surface area contributed by atoms with Gasteiger partial charge in [0.2, 0.25) is 0 Å². The van der Waals surface area contributed by atoms with Gasteiger partial charge in [-0.3, -0.25) is 0 Å². The van der Waals surface area contributed by atoms with Crippen LogP contribution in [0.2, 0.25) is 0 Å². The fourth-order valence-electron chi connectivity index (χ4n) is 2.30. The highest BCUT2D eigenvalue weighted by molar-refractivity contribution is 5.88. The first-order valence-electron chi connectivity index (χ1n) is 7.37. The highest BCUT2D eigenvalue weighted by atomic mass is 16.5. The van der Waals surface area contributed by atoms with Crippen molar-refractivity contribution in [3.8, 4) is 0 Å². The highest BCUT2D eigenvalue weighted by Gasteiger charge is 2.36. The SMILES string of the molecule is CCOC(=O)c1nnn(CC(O)(CC)CC)c1C1CC1. The molecule has 0 atom stereocenters. The van der Waals surface area contributed by atoms with Gasteiger partial charge in [0.25, 0.3) is 0 Å². The molecule has 0 amide bonds. The monoisotopic (exact) mass is 281 g/mol. The van der Waals surface area contributed by atoms with Crippen LogP contribution in [0, 0.1) is 0 Å². The molecule has 0 aliphatic heterocycles. The lowest BCUT2D eigenvalue weighted by molar-refractivity contribution is 0.0106. The topological polar surface area (TPSA) is 77.2 Å². The van der Waals surface area contributed by atoms with Crippen molar-refractivity contribution in [3.05, 3.63) is 11.4 Å². The summed E-state index contributed by atoms with van der Waals surface area (Å²) in [6.07, 6.45) is 3.36. The van der Waals surface area contributed by atoms with Gasteiger partial charge in [0.15, 0.2) is 5.69 Å². The normalized spacial score (nSPS) is 15.4. The Morgan fingerprint density at radius 1 is 1.40 bits per heavy atom. The van der Waals surface area contributed by atoms with Crippen molar-refractivity contribution in [1.82, 2.24) is 15.0 Å². The fraction of sp³-hybridized carbons (Fsp3) is 0.786. The molecule has 20 heavy (non-hydrogen) atoms. The number of hydrogen-bond acceptors (Lipinski definition) is 5. The second-order valence-corrected chi connectivity index (χ2v) is 5.41. The molecular weight excluding hydrogens is 258 g/mol. The van der Waals surface area contributed by atoms with Gasteiger partial charge in [-0.15, -0.1) is 5.10 Å². The Bertz CT molecular complexity index is 476. The van der Waals surface area contributed by atoms with Crippen LogP contribution in [-0.2, 0) is 11.3 Å². The summed E-state index contributed by atoms with van der Waals surface area (Å²) < 4.78 is 6.72. The van der Waals surface area contributed by atoms with Crippen molar-refractivity contribution >= 4 is 5.97 Å². The molecule has 1 N–H and O–H groups in total. The van der Waals surface area contributed by atoms with Gasteiger partial charge in [0.1, 0.15) is 0 Å². The van der Waals surface area contributed by atoms with Crippen molar-refractivity contribution in [2.75, 3.05) is 6.61 Å². The first-order chi connectivity index (χ1) is 9.54. The van der Waals surface area contributed by atoms with E-state index in [2.05, 4.69) is 10.3 Å². The van der Waals surface area contributed by atoms with E-state index >= 15 is 0 Å². The average Bonchev–Trinajstić information content (AvgIpc) is 3.20. The van der Waals surface area contributed by atoms with E-state index in [4.69, 9.17) is 4.74 Å². The van der Waals surface area contributed by atoms with Crippen LogP contribution in [0.15, 0.2) is 0 Å². The molecule has 6 nitrogen and oxygen atoms in total. The summed E-state index contributed by atoms with van der Waals surface area (Å²) in [4.78, 5) is 11.9. The van der Waals surface area contributed by atoms with Gasteiger partial charge >= 0.3 is 5.97 Å². The summed E-state index contributed by atoms with van der Waals surface area (Å²) in [5.74, 6) is -0.0976. The molecule has 0 saturated heterocycles. The second-order valence-electron chi connectivity index (χ2n) is 5.41. The molecule has 6 heteroatoms. The maximum absolute atomic E-state index is 11.9. The lowest BCUT2D eigenvalue weighted by atomic mass is 9.97. The molecular formula is C14H23N3O3. The summed E-state index contributed by atoms with van der Waals surface area (Å²) in [5.41, 5.74) is 0.330. The van der Waals surface area contributed by atoms with Crippen LogP contribution in [0.25, 0.3) is 0 Å². The molecule has 0 spiro atoms. The predicted molar refractivity (Wildman–Crippen MR) is 73.5 cm³/mol. The van der Waals surface area contributed by atoms with Crippen LogP contribution in [0.1, 0.15) is 68.6 Å². The minimum Gasteiger partial charge on any atom is -0.461 e. The molecule has 2 rings (SSSR count). The molecule has 1 fully saturated rings. The third-order valence-electron chi connectivity index (χ3n) is 3.97. The number of aromatic nitrogens is 3. The third kappa shape index (κ3) is 3.00. The zero-order valence-electron chi connectivity index (χ0n) is 12.4. The van der Waals surface area contributed by atoms with Gasteiger partial charge < -0.3 is 9.84 Å². The van der Waals surface area contributed by atoms with Gasteiger partial charge in [-0.25, -0.2) is 9.48 Å². The van der Waals surface area contributed by atoms with E-state index in [1.54, 1.807) is 11.6 Å². The molecule has 1 saturated carbocycles. The average molecular weight is 281 g/mol. The number of carbonyl (C=O) groups is 1. The van der Waals surface area contributed by atoms with Crippen molar-refractivity contribution in [3.63, 3.8) is 0 Å². The lowest BCUT2D eigenvalue weighted by Crippen LogP contribution is -2.33. The zero-order chi connectivity index (χ0) is 14.8. The van der Waals surface area contributed by atoms with Crippen LogP contribution in [-0.4, -0.2) is 38.3 Å². The largest absolute Gasteiger partial charge is 0.461 e. The molecule has 1 aliphatic rings. The van der Waals surface area contributed by atoms with Crippen LogP contribution in [0.3, 0.4) is 0 Å². The van der Waals surface area contributed by atoms with Gasteiger partial charge in [-0.05, 0) is 32.6 Å². The number of nitrogens with zero attached hydrogens (tertiary/aromatic N) is 3. The smallest absolute Gasteiger partial charge is 0.360 e. The van der Waals surface area contributed by atoms with E-state index in [9.17, 15) is 9.90 Å². The Morgan fingerprint density at radius 2 is 2.05 bits per heavy atom. The first-order valence-corrected chi connectivity index (χ1v) is 7.37. The Labute approximate surface area is 119 Å². The Hall–Kier alpha value is -1.43. The second kappa shape index (κ2) is 5.91. The van der Waals surface area contributed by atoms with Crippen LogP contribution >= 0.6 is 0 Å². The molecule has 0 unspecified atom stereocenters. The summed E-state index contributed by atoms with van der Waals surface area (Å²) in [6.45, 7) is 6.36. The molecule has 0 aromatic carbocycles. The molecule has 1 aliphatic carbocycles. The van der Waals surface area contributed by atoms with E-state index < -0.39 is 11.6 Å². The zero-order valence-corrected chi connectivity index (χ0v) is 12.4. The number of aliphatic hydroxyl groups is 1. The molecule has 1 aromatic rings. The predicted octanol–water partition coefficient (Wildman–Crippen LogP) is 1.88.